The van der Waals surface area contributed by atoms with Gasteiger partial charge in [0.1, 0.15) is 11.6 Å². The number of nitrogens with zero attached hydrogens (tertiary/aromatic N) is 3. The van der Waals surface area contributed by atoms with Gasteiger partial charge in [-0.05, 0) is 23.1 Å². The highest BCUT2D eigenvalue weighted by atomic mass is 32.2. The highest BCUT2D eigenvalue weighted by Crippen LogP contribution is 2.22. The van der Waals surface area contributed by atoms with Crippen LogP contribution < -0.4 is 5.32 Å². The number of sulfone groups is 1. The monoisotopic (exact) mass is 390 g/mol. The number of hydrogen-bond acceptors (Lipinski definition) is 7. The minimum Gasteiger partial charge on any atom is -0.296 e. The van der Waals surface area contributed by atoms with E-state index in [4.69, 9.17) is 0 Å². The number of benzene rings is 1. The number of rotatable bonds is 6. The molecule has 0 bridgehead atoms. The Morgan fingerprint density at radius 1 is 1.31 bits per heavy atom. The summed E-state index contributed by atoms with van der Waals surface area (Å²) in [6.07, 6.45) is 1.46. The number of amides is 1. The minimum atomic E-state index is -3.48. The van der Waals surface area contributed by atoms with Gasteiger partial charge in [-0.3, -0.25) is 10.1 Å². The average Bonchev–Trinajstić information content (AvgIpc) is 3.09. The van der Waals surface area contributed by atoms with Gasteiger partial charge >= 0.3 is 0 Å². The van der Waals surface area contributed by atoms with Crippen LogP contribution in [0, 0.1) is 11.3 Å². The second-order valence-corrected chi connectivity index (χ2v) is 9.15. The molecule has 0 radical (unpaired) electrons. The van der Waals surface area contributed by atoms with E-state index >= 15 is 0 Å². The van der Waals surface area contributed by atoms with Gasteiger partial charge in [-0.1, -0.05) is 56.4 Å². The molecule has 2 rings (SSSR count). The predicted octanol–water partition coefficient (Wildman–Crippen LogP) is 3.00. The Balaban J connectivity index is 2.17. The normalized spacial score (nSPS) is 12.0. The maximum absolute atomic E-state index is 12.2. The Kier molecular flexibility index (Phi) is 6.23. The first-order valence-corrected chi connectivity index (χ1v) is 10.3. The molecule has 136 valence electrons. The molecule has 1 heterocycles. The second kappa shape index (κ2) is 8.21. The summed E-state index contributed by atoms with van der Waals surface area (Å²) < 4.78 is 23.3. The second-order valence-electron chi connectivity index (χ2n) is 5.72. The Morgan fingerprint density at radius 2 is 1.96 bits per heavy atom. The summed E-state index contributed by atoms with van der Waals surface area (Å²) in [4.78, 5) is 12.2. The fourth-order valence-electron chi connectivity index (χ4n) is 1.97. The largest absolute Gasteiger partial charge is 0.296 e. The summed E-state index contributed by atoms with van der Waals surface area (Å²) in [5, 5.41) is 18.9. The minimum absolute atomic E-state index is 0.0262. The molecule has 0 saturated carbocycles. The molecule has 0 unspecified atom stereocenters. The molecule has 0 spiro atoms. The first kappa shape index (κ1) is 19.8. The maximum atomic E-state index is 12.2. The molecule has 0 aliphatic carbocycles. The first-order chi connectivity index (χ1) is 12.3. The smallest absolute Gasteiger partial charge is 0.268 e. The van der Waals surface area contributed by atoms with Crippen LogP contribution >= 0.6 is 11.3 Å². The summed E-state index contributed by atoms with van der Waals surface area (Å²) in [5.74, 6) is -0.388. The van der Waals surface area contributed by atoms with Gasteiger partial charge in [-0.2, -0.15) is 5.26 Å². The van der Waals surface area contributed by atoms with Crippen molar-refractivity contribution < 1.29 is 13.2 Å². The van der Waals surface area contributed by atoms with Crippen LogP contribution in [0.1, 0.15) is 37.8 Å². The number of carbonyl (C=O) groups is 1. The van der Waals surface area contributed by atoms with Crippen molar-refractivity contribution in [1.29, 1.82) is 5.26 Å². The van der Waals surface area contributed by atoms with Crippen molar-refractivity contribution in [2.24, 2.45) is 0 Å². The van der Waals surface area contributed by atoms with Gasteiger partial charge < -0.3 is 0 Å². The molecule has 9 heteroatoms. The molecule has 1 N–H and O–H groups in total. The van der Waals surface area contributed by atoms with Crippen LogP contribution in [-0.2, 0) is 14.6 Å². The van der Waals surface area contributed by atoms with Crippen LogP contribution in [0.5, 0.6) is 0 Å². The summed E-state index contributed by atoms with van der Waals surface area (Å²) in [7, 11) is -3.48. The van der Waals surface area contributed by atoms with E-state index in [2.05, 4.69) is 29.4 Å². The Labute approximate surface area is 156 Å². The lowest BCUT2D eigenvalue weighted by molar-refractivity contribution is -0.112. The number of hydrogen-bond donors (Lipinski definition) is 1. The first-order valence-electron chi connectivity index (χ1n) is 7.86. The molecular weight excluding hydrogens is 372 g/mol. The zero-order valence-electron chi connectivity index (χ0n) is 14.6. The maximum Gasteiger partial charge on any atom is 0.268 e. The van der Waals surface area contributed by atoms with Crippen LogP contribution in [0.15, 0.2) is 34.2 Å². The molecule has 1 aromatic heterocycles. The molecule has 1 aromatic carbocycles. The van der Waals surface area contributed by atoms with Crippen LogP contribution in [-0.4, -0.2) is 30.3 Å². The van der Waals surface area contributed by atoms with Crippen LogP contribution in [0.25, 0.3) is 6.08 Å². The van der Waals surface area contributed by atoms with E-state index in [0.717, 1.165) is 16.9 Å². The van der Waals surface area contributed by atoms with E-state index in [-0.39, 0.29) is 20.8 Å². The van der Waals surface area contributed by atoms with Crippen molar-refractivity contribution in [3.63, 3.8) is 0 Å². The van der Waals surface area contributed by atoms with Crippen LogP contribution in [0.2, 0.25) is 0 Å². The molecule has 0 aliphatic heterocycles. The number of carbonyl (C=O) groups excluding carboxylic acids is 1. The highest BCUT2D eigenvalue weighted by molar-refractivity contribution is 7.93. The van der Waals surface area contributed by atoms with Crippen LogP contribution in [0.4, 0.5) is 5.13 Å². The van der Waals surface area contributed by atoms with Crippen molar-refractivity contribution in [2.45, 2.75) is 31.0 Å². The third-order valence-corrected chi connectivity index (χ3v) is 6.57. The van der Waals surface area contributed by atoms with E-state index in [1.807, 2.05) is 30.3 Å². The zero-order chi connectivity index (χ0) is 19.3. The van der Waals surface area contributed by atoms with E-state index in [1.165, 1.54) is 13.0 Å². The Hall–Kier alpha value is -2.57. The van der Waals surface area contributed by atoms with E-state index in [9.17, 15) is 18.5 Å². The predicted molar refractivity (Wildman–Crippen MR) is 100 cm³/mol. The van der Waals surface area contributed by atoms with Gasteiger partial charge in [-0.25, -0.2) is 8.42 Å². The highest BCUT2D eigenvalue weighted by Gasteiger charge is 2.19. The molecule has 0 saturated heterocycles. The van der Waals surface area contributed by atoms with Gasteiger partial charge in [0.25, 0.3) is 5.91 Å². The summed E-state index contributed by atoms with van der Waals surface area (Å²) >= 11 is 0.753. The Bertz CT molecular complexity index is 968. The van der Waals surface area contributed by atoms with Gasteiger partial charge in [0.15, 0.2) is 0 Å². The number of aromatic nitrogens is 2. The molecule has 2 aromatic rings. The number of anilines is 1. The summed E-state index contributed by atoms with van der Waals surface area (Å²) in [6, 6.07) is 9.38. The van der Waals surface area contributed by atoms with Crippen molar-refractivity contribution in [1.82, 2.24) is 10.2 Å². The quantitative estimate of drug-likeness (QED) is 0.461. The molecule has 0 fully saturated rings. The van der Waals surface area contributed by atoms with Crippen molar-refractivity contribution >= 4 is 38.3 Å². The molecule has 0 atom stereocenters. The molecule has 26 heavy (non-hydrogen) atoms. The topological polar surface area (TPSA) is 113 Å². The standard InChI is InChI=1S/C17H18N4O3S2/c1-4-26(23,24)17-21-20-16(25-17)19-15(22)14(10-18)9-12-5-7-13(8-6-12)11(2)3/h5-9,11H,4H2,1-3H3,(H,19,20,22). The van der Waals surface area contributed by atoms with Crippen molar-refractivity contribution in [3.8, 4) is 6.07 Å². The molecule has 1 amide bonds. The fourth-order valence-corrected chi connectivity index (χ4v) is 3.95. The molecule has 0 aliphatic rings. The third-order valence-electron chi connectivity index (χ3n) is 3.55. The average molecular weight is 390 g/mol. The lowest BCUT2D eigenvalue weighted by Gasteiger charge is -2.05. The van der Waals surface area contributed by atoms with Gasteiger partial charge in [0.05, 0.1) is 5.75 Å². The summed E-state index contributed by atoms with van der Waals surface area (Å²) in [6.45, 7) is 5.65. The zero-order valence-corrected chi connectivity index (χ0v) is 16.2. The lowest BCUT2D eigenvalue weighted by Crippen LogP contribution is -2.13. The van der Waals surface area contributed by atoms with Crippen LogP contribution in [0.3, 0.4) is 0 Å². The lowest BCUT2D eigenvalue weighted by atomic mass is 10.0. The van der Waals surface area contributed by atoms with E-state index in [1.54, 1.807) is 0 Å². The third kappa shape index (κ3) is 4.74. The van der Waals surface area contributed by atoms with E-state index < -0.39 is 15.7 Å². The fraction of sp³-hybridized carbons (Fsp3) is 0.294. The summed E-state index contributed by atoms with van der Waals surface area (Å²) in [5.41, 5.74) is 1.76. The van der Waals surface area contributed by atoms with Crippen molar-refractivity contribution in [2.75, 3.05) is 11.1 Å². The van der Waals surface area contributed by atoms with Gasteiger partial charge in [0.2, 0.25) is 19.3 Å². The number of nitrogens with one attached hydrogen (secondary N) is 1. The van der Waals surface area contributed by atoms with Gasteiger partial charge in [-0.15, -0.1) is 10.2 Å². The van der Waals surface area contributed by atoms with Gasteiger partial charge in [0, 0.05) is 0 Å². The Morgan fingerprint density at radius 3 is 2.50 bits per heavy atom. The SMILES string of the molecule is CCS(=O)(=O)c1nnc(NC(=O)C(C#N)=Cc2ccc(C(C)C)cc2)s1. The number of nitriles is 1. The molecular formula is C17H18N4O3S2. The molecule has 7 nitrogen and oxygen atoms in total. The van der Waals surface area contributed by atoms with Crippen molar-refractivity contribution in [3.05, 3.63) is 41.0 Å². The van der Waals surface area contributed by atoms with E-state index in [0.29, 0.717) is 11.5 Å².